The van der Waals surface area contributed by atoms with Crippen LogP contribution in [0.15, 0.2) is 24.3 Å². The standard InChI is InChI=1S/C12H11F6NO2/c1-21-8-4-2-7(3-5-8)10(12(16,17)18)19-9(20)6-11(13,14)15/h2-5,10H,6H2,1H3,(H,19,20)/t10-/m0/s1. The van der Waals surface area contributed by atoms with Crippen molar-refractivity contribution in [3.63, 3.8) is 0 Å². The molecule has 0 spiro atoms. The van der Waals surface area contributed by atoms with Crippen molar-refractivity contribution < 1.29 is 35.9 Å². The number of rotatable bonds is 4. The third-order valence-corrected chi connectivity index (χ3v) is 2.44. The number of alkyl halides is 6. The molecule has 0 saturated heterocycles. The Kier molecular flexibility index (Phi) is 5.08. The number of carbonyl (C=O) groups is 1. The summed E-state index contributed by atoms with van der Waals surface area (Å²) in [5, 5.41) is 1.34. The van der Waals surface area contributed by atoms with Gasteiger partial charge in [0.1, 0.15) is 12.2 Å². The molecule has 1 N–H and O–H groups in total. The number of amides is 1. The summed E-state index contributed by atoms with van der Waals surface area (Å²) in [6, 6.07) is 1.95. The molecule has 118 valence electrons. The molecule has 0 unspecified atom stereocenters. The van der Waals surface area contributed by atoms with E-state index in [-0.39, 0.29) is 11.3 Å². The molecule has 9 heteroatoms. The van der Waals surface area contributed by atoms with Crippen molar-refractivity contribution in [2.75, 3.05) is 7.11 Å². The van der Waals surface area contributed by atoms with E-state index in [0.29, 0.717) is 0 Å². The first-order chi connectivity index (χ1) is 9.53. The lowest BCUT2D eigenvalue weighted by Crippen LogP contribution is -2.39. The van der Waals surface area contributed by atoms with Crippen LogP contribution in [0, 0.1) is 0 Å². The van der Waals surface area contributed by atoms with Gasteiger partial charge in [-0.1, -0.05) is 12.1 Å². The summed E-state index contributed by atoms with van der Waals surface area (Å²) in [4.78, 5) is 11.1. The van der Waals surface area contributed by atoms with Gasteiger partial charge in [-0.25, -0.2) is 0 Å². The summed E-state index contributed by atoms with van der Waals surface area (Å²) < 4.78 is 79.3. The second-order valence-corrected chi connectivity index (χ2v) is 4.11. The Morgan fingerprint density at radius 1 is 1.14 bits per heavy atom. The van der Waals surface area contributed by atoms with Crippen LogP contribution in [0.25, 0.3) is 0 Å². The molecule has 0 fully saturated rings. The third-order valence-electron chi connectivity index (χ3n) is 2.44. The number of hydrogen-bond donors (Lipinski definition) is 1. The summed E-state index contributed by atoms with van der Waals surface area (Å²) in [7, 11) is 1.31. The first kappa shape index (κ1) is 17.1. The maximum atomic E-state index is 12.9. The number of carbonyl (C=O) groups excluding carboxylic acids is 1. The highest BCUT2D eigenvalue weighted by atomic mass is 19.4. The van der Waals surface area contributed by atoms with Crippen LogP contribution in [0.5, 0.6) is 5.75 Å². The van der Waals surface area contributed by atoms with Crippen LogP contribution in [0.2, 0.25) is 0 Å². The molecule has 0 aliphatic heterocycles. The van der Waals surface area contributed by atoms with E-state index >= 15 is 0 Å². The first-order valence-corrected chi connectivity index (χ1v) is 5.59. The van der Waals surface area contributed by atoms with E-state index in [1.165, 1.54) is 24.6 Å². The van der Waals surface area contributed by atoms with Crippen molar-refractivity contribution in [2.45, 2.75) is 24.8 Å². The van der Waals surface area contributed by atoms with E-state index in [9.17, 15) is 31.1 Å². The smallest absolute Gasteiger partial charge is 0.412 e. The van der Waals surface area contributed by atoms with Crippen molar-refractivity contribution >= 4 is 5.91 Å². The lowest BCUT2D eigenvalue weighted by Gasteiger charge is -2.22. The van der Waals surface area contributed by atoms with Crippen LogP contribution >= 0.6 is 0 Å². The first-order valence-electron chi connectivity index (χ1n) is 5.59. The van der Waals surface area contributed by atoms with Gasteiger partial charge in [0.25, 0.3) is 0 Å². The van der Waals surface area contributed by atoms with Crippen molar-refractivity contribution in [3.05, 3.63) is 29.8 Å². The van der Waals surface area contributed by atoms with Crippen LogP contribution in [0.1, 0.15) is 18.0 Å². The number of hydrogen-bond acceptors (Lipinski definition) is 2. The lowest BCUT2D eigenvalue weighted by molar-refractivity contribution is -0.172. The van der Waals surface area contributed by atoms with Gasteiger partial charge in [0, 0.05) is 0 Å². The van der Waals surface area contributed by atoms with Crippen molar-refractivity contribution in [2.24, 2.45) is 0 Å². The van der Waals surface area contributed by atoms with Crippen molar-refractivity contribution in [3.8, 4) is 5.75 Å². The molecule has 0 aliphatic rings. The molecular weight excluding hydrogens is 304 g/mol. The van der Waals surface area contributed by atoms with Gasteiger partial charge in [0.2, 0.25) is 5.91 Å². The predicted octanol–water partition coefficient (Wildman–Crippen LogP) is 3.37. The summed E-state index contributed by atoms with van der Waals surface area (Å²) in [5.74, 6) is -1.47. The van der Waals surface area contributed by atoms with Crippen LogP contribution in [-0.2, 0) is 4.79 Å². The second kappa shape index (κ2) is 6.23. The molecule has 0 bridgehead atoms. The summed E-state index contributed by atoms with van der Waals surface area (Å²) in [6.07, 6.45) is -11.8. The topological polar surface area (TPSA) is 38.3 Å². The number of benzene rings is 1. The van der Waals surface area contributed by atoms with Gasteiger partial charge in [-0.15, -0.1) is 0 Å². The Hall–Kier alpha value is -1.93. The molecular formula is C12H11F6NO2. The minimum atomic E-state index is -4.92. The molecule has 21 heavy (non-hydrogen) atoms. The Morgan fingerprint density at radius 3 is 2.05 bits per heavy atom. The fourth-order valence-electron chi connectivity index (χ4n) is 1.54. The molecule has 1 rings (SSSR count). The van der Waals surface area contributed by atoms with Crippen molar-refractivity contribution in [1.82, 2.24) is 5.32 Å². The van der Waals surface area contributed by atoms with E-state index < -0.39 is 30.7 Å². The Balaban J connectivity index is 2.93. The number of methoxy groups -OCH3 is 1. The Bertz CT molecular complexity index is 480. The molecule has 0 saturated carbocycles. The Morgan fingerprint density at radius 2 is 1.67 bits per heavy atom. The normalized spacial score (nSPS) is 13.7. The molecule has 0 heterocycles. The molecule has 1 atom stereocenters. The molecule has 0 aromatic heterocycles. The maximum Gasteiger partial charge on any atom is 0.412 e. The highest BCUT2D eigenvalue weighted by Gasteiger charge is 2.43. The van der Waals surface area contributed by atoms with E-state index in [1.54, 1.807) is 0 Å². The fraction of sp³-hybridized carbons (Fsp3) is 0.417. The predicted molar refractivity (Wildman–Crippen MR) is 60.6 cm³/mol. The summed E-state index contributed by atoms with van der Waals surface area (Å²) >= 11 is 0. The van der Waals surface area contributed by atoms with E-state index in [1.807, 2.05) is 0 Å². The third kappa shape index (κ3) is 5.52. The minimum absolute atomic E-state index is 0.279. The zero-order valence-corrected chi connectivity index (χ0v) is 10.7. The van der Waals surface area contributed by atoms with Gasteiger partial charge in [0.15, 0.2) is 6.04 Å². The van der Waals surface area contributed by atoms with Gasteiger partial charge >= 0.3 is 12.4 Å². The average molecular weight is 315 g/mol. The fourth-order valence-corrected chi connectivity index (χ4v) is 1.54. The summed E-state index contributed by atoms with van der Waals surface area (Å²) in [5.41, 5.74) is -0.390. The summed E-state index contributed by atoms with van der Waals surface area (Å²) in [6.45, 7) is 0. The number of nitrogens with one attached hydrogen (secondary N) is 1. The lowest BCUT2D eigenvalue weighted by atomic mass is 10.1. The molecule has 1 aromatic rings. The second-order valence-electron chi connectivity index (χ2n) is 4.11. The SMILES string of the molecule is COc1ccc([C@H](NC(=O)CC(F)(F)F)C(F)(F)F)cc1. The molecule has 0 radical (unpaired) electrons. The van der Waals surface area contributed by atoms with E-state index in [4.69, 9.17) is 4.74 Å². The van der Waals surface area contributed by atoms with Gasteiger partial charge in [-0.3, -0.25) is 4.79 Å². The van der Waals surface area contributed by atoms with E-state index in [0.717, 1.165) is 12.1 Å². The highest BCUT2D eigenvalue weighted by molar-refractivity contribution is 5.77. The minimum Gasteiger partial charge on any atom is -0.497 e. The largest absolute Gasteiger partial charge is 0.497 e. The van der Waals surface area contributed by atoms with Gasteiger partial charge in [-0.05, 0) is 17.7 Å². The zero-order chi connectivity index (χ0) is 16.3. The maximum absolute atomic E-state index is 12.9. The molecule has 0 aliphatic carbocycles. The van der Waals surface area contributed by atoms with Crippen LogP contribution < -0.4 is 10.1 Å². The average Bonchev–Trinajstić information content (AvgIpc) is 2.33. The van der Waals surface area contributed by atoms with Crippen molar-refractivity contribution in [1.29, 1.82) is 0 Å². The van der Waals surface area contributed by atoms with E-state index in [2.05, 4.69) is 0 Å². The number of halogens is 6. The zero-order valence-electron chi connectivity index (χ0n) is 10.7. The molecule has 1 amide bonds. The van der Waals surface area contributed by atoms with Crippen LogP contribution in [0.3, 0.4) is 0 Å². The van der Waals surface area contributed by atoms with Crippen LogP contribution in [-0.4, -0.2) is 25.4 Å². The highest BCUT2D eigenvalue weighted by Crippen LogP contribution is 2.34. The van der Waals surface area contributed by atoms with Gasteiger partial charge in [0.05, 0.1) is 7.11 Å². The quantitative estimate of drug-likeness (QED) is 0.865. The van der Waals surface area contributed by atoms with Gasteiger partial charge in [-0.2, -0.15) is 26.3 Å². The molecule has 1 aromatic carbocycles. The monoisotopic (exact) mass is 315 g/mol. The van der Waals surface area contributed by atoms with Crippen LogP contribution in [0.4, 0.5) is 26.3 Å². The van der Waals surface area contributed by atoms with Gasteiger partial charge < -0.3 is 10.1 Å². The number of ether oxygens (including phenoxy) is 1. The molecule has 3 nitrogen and oxygen atoms in total. The Labute approximate surface area is 115 Å².